The van der Waals surface area contributed by atoms with Gasteiger partial charge in [-0.15, -0.1) is 0 Å². The lowest BCUT2D eigenvalue weighted by atomic mass is 9.52. The zero-order valence-corrected chi connectivity index (χ0v) is 16.4. The number of fused-ring (bicyclic) bond motifs is 3. The van der Waals surface area contributed by atoms with Gasteiger partial charge in [0.05, 0.1) is 18.6 Å². The minimum Gasteiger partial charge on any atom is -0.465 e. The number of rotatable bonds is 8. The normalized spacial score (nSPS) is 28.5. The van der Waals surface area contributed by atoms with Gasteiger partial charge in [0.25, 0.3) is 0 Å². The summed E-state index contributed by atoms with van der Waals surface area (Å²) >= 11 is 0. The van der Waals surface area contributed by atoms with Crippen LogP contribution >= 0.6 is 0 Å². The summed E-state index contributed by atoms with van der Waals surface area (Å²) in [6, 6.07) is 0. The Kier molecular flexibility index (Phi) is 6.01. The molecule has 4 heteroatoms. The first-order chi connectivity index (χ1) is 11.6. The first-order valence-corrected chi connectivity index (χ1v) is 9.64. The lowest BCUT2D eigenvalue weighted by Gasteiger charge is -2.52. The highest BCUT2D eigenvalue weighted by molar-refractivity contribution is 5.86. The summed E-state index contributed by atoms with van der Waals surface area (Å²) in [4.78, 5) is 24.3. The molecule has 3 aliphatic rings. The average molecular weight is 350 g/mol. The second-order valence-corrected chi connectivity index (χ2v) is 9.13. The van der Waals surface area contributed by atoms with Crippen molar-refractivity contribution in [1.82, 2.24) is 0 Å². The maximum Gasteiger partial charge on any atom is 0.333 e. The van der Waals surface area contributed by atoms with E-state index in [2.05, 4.69) is 13.5 Å². The fraction of sp³-hybridized carbons (Fsp3) is 0.810. The SMILES string of the molecule is C=C(C)C(=O)OCC(C)(C)COC(=O)C12CCC(CCC)(CC1)CC2. The van der Waals surface area contributed by atoms with E-state index in [-0.39, 0.29) is 24.6 Å². The Bertz CT molecular complexity index is 507. The molecule has 4 nitrogen and oxygen atoms in total. The van der Waals surface area contributed by atoms with E-state index in [1.54, 1.807) is 6.92 Å². The molecule has 142 valence electrons. The van der Waals surface area contributed by atoms with Crippen molar-refractivity contribution in [3.8, 4) is 0 Å². The minimum absolute atomic E-state index is 0.0448. The van der Waals surface area contributed by atoms with Gasteiger partial charge in [-0.2, -0.15) is 0 Å². The second kappa shape index (κ2) is 7.51. The molecule has 3 rings (SSSR count). The molecule has 0 aliphatic heterocycles. The molecule has 0 unspecified atom stereocenters. The zero-order chi connectivity index (χ0) is 18.7. The molecular weight excluding hydrogens is 316 g/mol. The molecule has 2 bridgehead atoms. The third-order valence-corrected chi connectivity index (χ3v) is 6.15. The molecule has 0 spiro atoms. The summed E-state index contributed by atoms with van der Waals surface area (Å²) in [7, 11) is 0. The molecule has 0 atom stereocenters. The molecule has 0 amide bonds. The molecule has 3 saturated carbocycles. The van der Waals surface area contributed by atoms with Crippen molar-refractivity contribution in [2.75, 3.05) is 13.2 Å². The molecule has 0 saturated heterocycles. The van der Waals surface area contributed by atoms with Crippen LogP contribution in [0.4, 0.5) is 0 Å². The predicted octanol–water partition coefficient (Wildman–Crippen LogP) is 4.82. The third kappa shape index (κ3) is 4.65. The highest BCUT2D eigenvalue weighted by Crippen LogP contribution is 2.59. The predicted molar refractivity (Wildman–Crippen MR) is 98.0 cm³/mol. The van der Waals surface area contributed by atoms with Crippen molar-refractivity contribution >= 4 is 11.9 Å². The number of esters is 2. The maximum atomic E-state index is 12.8. The van der Waals surface area contributed by atoms with Crippen LogP contribution in [0.25, 0.3) is 0 Å². The molecule has 3 fully saturated rings. The van der Waals surface area contributed by atoms with Crippen LogP contribution in [0.3, 0.4) is 0 Å². The van der Waals surface area contributed by atoms with Gasteiger partial charge >= 0.3 is 11.9 Å². The first-order valence-electron chi connectivity index (χ1n) is 9.64. The van der Waals surface area contributed by atoms with Gasteiger partial charge in [-0.25, -0.2) is 4.79 Å². The number of carbonyl (C=O) groups excluding carboxylic acids is 2. The van der Waals surface area contributed by atoms with Crippen LogP contribution in [0.1, 0.15) is 79.1 Å². The molecule has 0 aromatic carbocycles. The van der Waals surface area contributed by atoms with E-state index in [1.807, 2.05) is 13.8 Å². The standard InChI is InChI=1S/C21H34O4/c1-6-7-20-8-11-21(12-9-20,13-10-20)18(23)25-15-19(4,5)14-24-17(22)16(2)3/h2,6-15H2,1,3-5H3. The van der Waals surface area contributed by atoms with Crippen LogP contribution in [0.2, 0.25) is 0 Å². The Morgan fingerprint density at radius 1 is 1.00 bits per heavy atom. The van der Waals surface area contributed by atoms with Gasteiger partial charge in [-0.1, -0.05) is 33.8 Å². The average Bonchev–Trinajstić information content (AvgIpc) is 2.59. The van der Waals surface area contributed by atoms with Crippen molar-refractivity contribution in [2.45, 2.75) is 79.1 Å². The van der Waals surface area contributed by atoms with E-state index in [0.717, 1.165) is 38.5 Å². The van der Waals surface area contributed by atoms with Gasteiger partial charge in [-0.05, 0) is 57.3 Å². The fourth-order valence-corrected chi connectivity index (χ4v) is 4.31. The van der Waals surface area contributed by atoms with Crippen LogP contribution < -0.4 is 0 Å². The van der Waals surface area contributed by atoms with Crippen molar-refractivity contribution in [3.63, 3.8) is 0 Å². The van der Waals surface area contributed by atoms with E-state index >= 15 is 0 Å². The highest BCUT2D eigenvalue weighted by Gasteiger charge is 2.52. The minimum atomic E-state index is -0.398. The summed E-state index contributed by atoms with van der Waals surface area (Å²) < 4.78 is 10.9. The van der Waals surface area contributed by atoms with E-state index in [9.17, 15) is 9.59 Å². The van der Waals surface area contributed by atoms with Gasteiger partial charge < -0.3 is 9.47 Å². The Morgan fingerprint density at radius 2 is 1.52 bits per heavy atom. The summed E-state index contributed by atoms with van der Waals surface area (Å²) in [5, 5.41) is 0. The summed E-state index contributed by atoms with van der Waals surface area (Å²) in [5.41, 5.74) is 0.214. The summed E-state index contributed by atoms with van der Waals surface area (Å²) in [6.07, 6.45) is 8.92. The van der Waals surface area contributed by atoms with Gasteiger partial charge in [0.2, 0.25) is 0 Å². The van der Waals surface area contributed by atoms with Crippen LogP contribution in [-0.4, -0.2) is 25.2 Å². The van der Waals surface area contributed by atoms with Gasteiger partial charge in [0, 0.05) is 11.0 Å². The summed E-state index contributed by atoms with van der Waals surface area (Å²) in [6.45, 7) is 11.8. The lowest BCUT2D eigenvalue weighted by molar-refractivity contribution is -0.170. The van der Waals surface area contributed by atoms with Crippen LogP contribution in [0.15, 0.2) is 12.2 Å². The second-order valence-electron chi connectivity index (χ2n) is 9.13. The number of hydrogen-bond donors (Lipinski definition) is 0. The highest BCUT2D eigenvalue weighted by atomic mass is 16.5. The quantitative estimate of drug-likeness (QED) is 0.465. The number of ether oxygens (including phenoxy) is 2. The smallest absolute Gasteiger partial charge is 0.333 e. The topological polar surface area (TPSA) is 52.6 Å². The maximum absolute atomic E-state index is 12.8. The number of carbonyl (C=O) groups is 2. The van der Waals surface area contributed by atoms with E-state index in [4.69, 9.17) is 9.47 Å². The molecule has 0 N–H and O–H groups in total. The largest absolute Gasteiger partial charge is 0.465 e. The Hall–Kier alpha value is -1.32. The van der Waals surface area contributed by atoms with Crippen molar-refractivity contribution < 1.29 is 19.1 Å². The Morgan fingerprint density at radius 3 is 2.00 bits per heavy atom. The zero-order valence-electron chi connectivity index (χ0n) is 16.4. The first kappa shape index (κ1) is 20.0. The third-order valence-electron chi connectivity index (χ3n) is 6.15. The fourth-order valence-electron chi connectivity index (χ4n) is 4.31. The van der Waals surface area contributed by atoms with Crippen molar-refractivity contribution in [3.05, 3.63) is 12.2 Å². The van der Waals surface area contributed by atoms with Crippen molar-refractivity contribution in [2.24, 2.45) is 16.2 Å². The van der Waals surface area contributed by atoms with E-state index < -0.39 is 11.4 Å². The van der Waals surface area contributed by atoms with Gasteiger partial charge in [0.1, 0.15) is 0 Å². The molecule has 0 radical (unpaired) electrons. The number of hydrogen-bond acceptors (Lipinski definition) is 4. The van der Waals surface area contributed by atoms with E-state index in [1.165, 1.54) is 12.8 Å². The Labute approximate surface area is 152 Å². The molecule has 3 aliphatic carbocycles. The van der Waals surface area contributed by atoms with Crippen LogP contribution in [0, 0.1) is 16.2 Å². The van der Waals surface area contributed by atoms with Crippen LogP contribution in [0.5, 0.6) is 0 Å². The summed E-state index contributed by atoms with van der Waals surface area (Å²) in [5.74, 6) is -0.443. The molecule has 25 heavy (non-hydrogen) atoms. The monoisotopic (exact) mass is 350 g/mol. The molecule has 0 aromatic heterocycles. The van der Waals surface area contributed by atoms with Crippen LogP contribution in [-0.2, 0) is 19.1 Å². The van der Waals surface area contributed by atoms with Crippen molar-refractivity contribution in [1.29, 1.82) is 0 Å². The van der Waals surface area contributed by atoms with Gasteiger partial charge in [0.15, 0.2) is 0 Å². The molecule has 0 heterocycles. The van der Waals surface area contributed by atoms with Gasteiger partial charge in [-0.3, -0.25) is 4.79 Å². The lowest BCUT2D eigenvalue weighted by Crippen LogP contribution is -2.47. The molecular formula is C21H34O4. The van der Waals surface area contributed by atoms with E-state index in [0.29, 0.717) is 11.0 Å². The molecule has 0 aromatic rings. The Balaban J connectivity index is 1.84.